The van der Waals surface area contributed by atoms with Gasteiger partial charge in [0.15, 0.2) is 0 Å². The molecule has 2 aromatic carbocycles. The molecule has 0 radical (unpaired) electrons. The van der Waals surface area contributed by atoms with Gasteiger partial charge < -0.3 is 14.7 Å². The van der Waals surface area contributed by atoms with Crippen LogP contribution in [0.15, 0.2) is 47.6 Å². The van der Waals surface area contributed by atoms with E-state index in [1.807, 2.05) is 0 Å². The second kappa shape index (κ2) is 9.87. The normalized spacial score (nSPS) is 20.9. The van der Waals surface area contributed by atoms with Gasteiger partial charge in [-0.3, -0.25) is 14.5 Å². The summed E-state index contributed by atoms with van der Waals surface area (Å²) in [5.74, 6) is -1.38. The van der Waals surface area contributed by atoms with Gasteiger partial charge in [-0.25, -0.2) is 14.6 Å². The van der Waals surface area contributed by atoms with Crippen molar-refractivity contribution in [3.05, 3.63) is 59.4 Å². The number of rotatable bonds is 7. The Bertz CT molecular complexity index is 1360. The molecule has 2 heterocycles. The number of anilines is 1. The molecule has 190 valence electrons. The largest absolute Gasteiger partial charge is 0.442 e. The van der Waals surface area contributed by atoms with Gasteiger partial charge in [0.25, 0.3) is 5.91 Å². The molecule has 36 heavy (non-hydrogen) atoms. The van der Waals surface area contributed by atoms with Crippen molar-refractivity contribution in [3.8, 4) is 5.75 Å². The predicted octanol–water partition coefficient (Wildman–Crippen LogP) is 1.67. The molecule has 1 saturated heterocycles. The molecule has 2 aliphatic heterocycles. The van der Waals surface area contributed by atoms with Crippen molar-refractivity contribution >= 4 is 50.4 Å². The number of amides is 2. The lowest BCUT2D eigenvalue weighted by atomic mass is 10.1. The Morgan fingerprint density at radius 3 is 2.58 bits per heavy atom. The maximum atomic E-state index is 15.1. The first-order valence-corrected chi connectivity index (χ1v) is 13.2. The highest BCUT2D eigenvalue weighted by Gasteiger charge is 2.38. The lowest BCUT2D eigenvalue weighted by Gasteiger charge is -2.22. The number of hydrazone groups is 1. The van der Waals surface area contributed by atoms with Crippen molar-refractivity contribution in [2.45, 2.75) is 24.3 Å². The van der Waals surface area contributed by atoms with Gasteiger partial charge in [0.2, 0.25) is 0 Å². The molecule has 0 aromatic heterocycles. The summed E-state index contributed by atoms with van der Waals surface area (Å²) >= 11 is 1.00. The molecular weight excluding hydrogens is 515 g/mol. The summed E-state index contributed by atoms with van der Waals surface area (Å²) in [6, 6.07) is 8.93. The molecule has 3 unspecified atom stereocenters. The third-order valence-corrected chi connectivity index (χ3v) is 7.12. The number of nitrogens with two attached hydrogens (primary N) is 1. The van der Waals surface area contributed by atoms with Gasteiger partial charge in [0.05, 0.1) is 18.5 Å². The Morgan fingerprint density at radius 2 is 1.97 bits per heavy atom. The summed E-state index contributed by atoms with van der Waals surface area (Å²) < 4.78 is 47.6. The fourth-order valence-electron chi connectivity index (χ4n) is 3.56. The Hall–Kier alpha value is -3.49. The van der Waals surface area contributed by atoms with Crippen LogP contribution in [0.25, 0.3) is 0 Å². The van der Waals surface area contributed by atoms with E-state index >= 15 is 4.39 Å². The fourth-order valence-corrected chi connectivity index (χ4v) is 5.09. The topological polar surface area (TPSA) is 157 Å². The molecule has 2 aromatic rings. The predicted molar refractivity (Wildman–Crippen MR) is 130 cm³/mol. The number of hydrogen-bond donors (Lipinski definition) is 2. The van der Waals surface area contributed by atoms with Crippen molar-refractivity contribution in [1.29, 1.82) is 0 Å². The van der Waals surface area contributed by atoms with E-state index in [0.717, 1.165) is 24.1 Å². The smallest absolute Gasteiger partial charge is 0.414 e. The molecule has 1 fully saturated rings. The summed E-state index contributed by atoms with van der Waals surface area (Å²) in [5.41, 5.74) is 8.97. The first-order chi connectivity index (χ1) is 16.9. The van der Waals surface area contributed by atoms with Gasteiger partial charge >= 0.3 is 16.2 Å². The Balaban J connectivity index is 1.51. The van der Waals surface area contributed by atoms with E-state index in [2.05, 4.69) is 10.5 Å². The van der Waals surface area contributed by atoms with Crippen LogP contribution in [0.1, 0.15) is 23.3 Å². The average molecular weight is 537 g/mol. The van der Waals surface area contributed by atoms with Crippen LogP contribution >= 0.6 is 11.8 Å². The van der Waals surface area contributed by atoms with Gasteiger partial charge in [0.1, 0.15) is 39.8 Å². The molecule has 11 nitrogen and oxygen atoms in total. The molecule has 14 heteroatoms. The van der Waals surface area contributed by atoms with Crippen LogP contribution in [0, 0.1) is 5.82 Å². The standard InChI is InChI=1S/C22H21FN4O7S2/c1-11(28)18(24)17-10-27(22(30)33-17)13-5-8-15(16(23)9-13)21-26-25-20(29)19(35-21)12-3-6-14(7-4-12)34-36(2,31)32/h3-9,17-19H,10,24H2,1-2H3,(H,25,29). The minimum absolute atomic E-state index is 0.00869. The van der Waals surface area contributed by atoms with E-state index in [0.29, 0.717) is 5.56 Å². The maximum absolute atomic E-state index is 15.1. The number of benzene rings is 2. The van der Waals surface area contributed by atoms with Gasteiger partial charge in [-0.1, -0.05) is 23.9 Å². The quantitative estimate of drug-likeness (QED) is 0.502. The number of nitrogens with zero attached hydrogens (tertiary/aromatic N) is 2. The number of Topliss-reactive ketones (excluding diaryl/α,β-unsaturated/α-hetero) is 1. The van der Waals surface area contributed by atoms with E-state index < -0.39 is 45.3 Å². The number of hydrogen-bond acceptors (Lipinski definition) is 10. The number of thioether (sulfide) groups is 1. The lowest BCUT2D eigenvalue weighted by Crippen LogP contribution is -2.43. The highest BCUT2D eigenvalue weighted by molar-refractivity contribution is 8.15. The summed E-state index contributed by atoms with van der Waals surface area (Å²) in [6.45, 7) is 1.28. The Morgan fingerprint density at radius 1 is 1.28 bits per heavy atom. The number of halogens is 1. The van der Waals surface area contributed by atoms with E-state index in [1.165, 1.54) is 48.2 Å². The van der Waals surface area contributed by atoms with Gasteiger partial charge in [0, 0.05) is 5.56 Å². The zero-order valence-electron chi connectivity index (χ0n) is 19.0. The molecular formula is C22H21FN4O7S2. The van der Waals surface area contributed by atoms with Crippen molar-refractivity contribution in [2.24, 2.45) is 10.8 Å². The van der Waals surface area contributed by atoms with E-state index in [-0.39, 0.29) is 34.4 Å². The summed E-state index contributed by atoms with van der Waals surface area (Å²) in [7, 11) is -3.70. The van der Waals surface area contributed by atoms with Crippen LogP contribution in [-0.2, 0) is 24.4 Å². The second-order valence-electron chi connectivity index (χ2n) is 8.08. The van der Waals surface area contributed by atoms with Crippen LogP contribution < -0.4 is 20.2 Å². The van der Waals surface area contributed by atoms with E-state index in [9.17, 15) is 22.8 Å². The van der Waals surface area contributed by atoms with Gasteiger partial charge in [-0.05, 0) is 42.8 Å². The zero-order chi connectivity index (χ0) is 26.2. The van der Waals surface area contributed by atoms with E-state index in [1.54, 1.807) is 0 Å². The molecule has 0 bridgehead atoms. The first-order valence-electron chi connectivity index (χ1n) is 10.5. The van der Waals surface area contributed by atoms with Crippen LogP contribution in [0.3, 0.4) is 0 Å². The minimum atomic E-state index is -3.70. The number of carbonyl (C=O) groups excluding carboxylic acids is 3. The molecule has 3 atom stereocenters. The number of ketones is 1. The average Bonchev–Trinajstić information content (AvgIpc) is 3.20. The van der Waals surface area contributed by atoms with Crippen LogP contribution in [0.2, 0.25) is 0 Å². The van der Waals surface area contributed by atoms with Crippen molar-refractivity contribution in [1.82, 2.24) is 5.43 Å². The maximum Gasteiger partial charge on any atom is 0.414 e. The highest BCUT2D eigenvalue weighted by Crippen LogP contribution is 2.37. The monoisotopic (exact) mass is 536 g/mol. The molecule has 3 N–H and O–H groups in total. The molecule has 4 rings (SSSR count). The first kappa shape index (κ1) is 25.6. The number of cyclic esters (lactones) is 1. The van der Waals surface area contributed by atoms with Gasteiger partial charge in [-0.2, -0.15) is 13.5 Å². The zero-order valence-corrected chi connectivity index (χ0v) is 20.6. The molecule has 0 aliphatic carbocycles. The van der Waals surface area contributed by atoms with Crippen molar-refractivity contribution < 1.29 is 36.1 Å². The van der Waals surface area contributed by atoms with Crippen molar-refractivity contribution in [3.63, 3.8) is 0 Å². The van der Waals surface area contributed by atoms with E-state index in [4.69, 9.17) is 14.7 Å². The summed E-state index contributed by atoms with van der Waals surface area (Å²) in [4.78, 5) is 37.3. The highest BCUT2D eigenvalue weighted by atomic mass is 32.2. The molecule has 2 amide bonds. The molecule has 0 spiro atoms. The number of carbonyl (C=O) groups is 3. The number of nitrogens with one attached hydrogen (secondary N) is 1. The van der Waals surface area contributed by atoms with Gasteiger partial charge in [-0.15, -0.1) is 0 Å². The summed E-state index contributed by atoms with van der Waals surface area (Å²) in [5, 5.41) is 3.37. The second-order valence-corrected chi connectivity index (χ2v) is 10.7. The summed E-state index contributed by atoms with van der Waals surface area (Å²) in [6.07, 6.45) is -0.676. The number of ether oxygens (including phenoxy) is 1. The third kappa shape index (κ3) is 5.50. The van der Waals surface area contributed by atoms with Crippen LogP contribution in [0.5, 0.6) is 5.75 Å². The van der Waals surface area contributed by atoms with Crippen molar-refractivity contribution in [2.75, 3.05) is 17.7 Å². The Kier molecular flexibility index (Phi) is 7.02. The lowest BCUT2D eigenvalue weighted by molar-refractivity contribution is -0.121. The Labute approximate surface area is 209 Å². The van der Waals surface area contributed by atoms with Crippen LogP contribution in [-0.4, -0.2) is 56.2 Å². The fraction of sp³-hybridized carbons (Fsp3) is 0.273. The minimum Gasteiger partial charge on any atom is -0.442 e. The third-order valence-electron chi connectivity index (χ3n) is 5.37. The van der Waals surface area contributed by atoms with Crippen LogP contribution in [0.4, 0.5) is 14.9 Å². The molecule has 0 saturated carbocycles. The molecule has 2 aliphatic rings. The SMILES string of the molecule is CC(=O)C(N)C1CN(c2ccc(C3=NNC(=O)C(c4ccc(OS(C)(=O)=O)cc4)S3)c(F)c2)C(=O)O1.